The molecule has 0 aliphatic carbocycles. The van der Waals surface area contributed by atoms with E-state index in [4.69, 9.17) is 14.5 Å². The number of rotatable bonds is 10. The lowest BCUT2D eigenvalue weighted by atomic mass is 10.1. The molecule has 2 aromatic carbocycles. The minimum absolute atomic E-state index is 0.596. The summed E-state index contributed by atoms with van der Waals surface area (Å²) in [6.07, 6.45) is 0.881. The molecule has 0 aliphatic heterocycles. The van der Waals surface area contributed by atoms with Crippen molar-refractivity contribution in [1.29, 1.82) is 0 Å². The molecule has 0 spiro atoms. The zero-order valence-electron chi connectivity index (χ0n) is 16.6. The molecule has 2 N–H and O–H groups in total. The van der Waals surface area contributed by atoms with Gasteiger partial charge in [0.05, 0.1) is 13.2 Å². The number of methoxy groups -OCH3 is 1. The normalized spacial score (nSPS) is 11.3. The van der Waals surface area contributed by atoms with Crippen LogP contribution in [0, 0.1) is 6.92 Å². The predicted molar refractivity (Wildman–Crippen MR) is 111 cm³/mol. The van der Waals surface area contributed by atoms with Gasteiger partial charge in [-0.1, -0.05) is 36.4 Å². The van der Waals surface area contributed by atoms with Crippen LogP contribution in [0.1, 0.15) is 30.0 Å². The molecule has 0 heterocycles. The second kappa shape index (κ2) is 12.0. The molecule has 5 nitrogen and oxygen atoms in total. The van der Waals surface area contributed by atoms with Crippen LogP contribution < -0.4 is 15.4 Å². The zero-order chi connectivity index (χ0) is 19.3. The van der Waals surface area contributed by atoms with E-state index in [1.54, 1.807) is 7.11 Å². The molecule has 0 saturated carbocycles. The molecular weight excluding hydrogens is 338 g/mol. The Hall–Kier alpha value is -2.53. The molecular formula is C22H31N3O2. The third kappa shape index (κ3) is 7.71. The van der Waals surface area contributed by atoms with Crippen LogP contribution in [0.4, 0.5) is 0 Å². The van der Waals surface area contributed by atoms with Gasteiger partial charge in [0.15, 0.2) is 5.96 Å². The number of hydrogen-bond donors (Lipinski definition) is 2. The molecule has 0 atom stereocenters. The van der Waals surface area contributed by atoms with Gasteiger partial charge in [0.1, 0.15) is 5.75 Å². The number of aliphatic imine (C=N–C) groups is 1. The molecule has 0 radical (unpaired) electrons. The van der Waals surface area contributed by atoms with Crippen LogP contribution >= 0.6 is 0 Å². The van der Waals surface area contributed by atoms with Crippen molar-refractivity contribution in [3.63, 3.8) is 0 Å². The molecule has 0 saturated heterocycles. The van der Waals surface area contributed by atoms with Gasteiger partial charge in [-0.3, -0.25) is 0 Å². The maximum atomic E-state index is 5.76. The summed E-state index contributed by atoms with van der Waals surface area (Å²) in [4.78, 5) is 4.70. The van der Waals surface area contributed by atoms with E-state index >= 15 is 0 Å². The van der Waals surface area contributed by atoms with E-state index in [1.807, 2.05) is 18.2 Å². The molecule has 0 amide bonds. The Kier molecular flexibility index (Phi) is 9.21. The van der Waals surface area contributed by atoms with E-state index in [0.717, 1.165) is 36.8 Å². The van der Waals surface area contributed by atoms with Crippen LogP contribution in [0.15, 0.2) is 53.5 Å². The van der Waals surface area contributed by atoms with E-state index in [9.17, 15) is 0 Å². The van der Waals surface area contributed by atoms with Gasteiger partial charge in [-0.2, -0.15) is 0 Å². The molecule has 0 aromatic heterocycles. The minimum Gasteiger partial charge on any atom is -0.493 e. The van der Waals surface area contributed by atoms with Crippen LogP contribution in [0.25, 0.3) is 0 Å². The Morgan fingerprint density at radius 2 is 1.89 bits per heavy atom. The number of hydrogen-bond acceptors (Lipinski definition) is 3. The molecule has 2 aromatic rings. The molecule has 146 valence electrons. The van der Waals surface area contributed by atoms with Gasteiger partial charge in [0, 0.05) is 33.2 Å². The average Bonchev–Trinajstić information content (AvgIpc) is 2.69. The molecule has 27 heavy (non-hydrogen) atoms. The summed E-state index contributed by atoms with van der Waals surface area (Å²) in [6, 6.07) is 16.5. The number of aryl methyl sites for hydroxylation is 1. The number of ether oxygens (including phenoxy) is 2. The molecule has 5 heteroatoms. The Morgan fingerprint density at radius 3 is 2.67 bits per heavy atom. The summed E-state index contributed by atoms with van der Waals surface area (Å²) < 4.78 is 10.8. The van der Waals surface area contributed by atoms with Crippen LogP contribution in [-0.4, -0.2) is 32.8 Å². The lowest BCUT2D eigenvalue weighted by Crippen LogP contribution is -2.36. The number of nitrogens with zero attached hydrogens (tertiary/aromatic N) is 1. The van der Waals surface area contributed by atoms with Gasteiger partial charge in [0.2, 0.25) is 0 Å². The monoisotopic (exact) mass is 369 g/mol. The predicted octanol–water partition coefficient (Wildman–Crippen LogP) is 3.67. The van der Waals surface area contributed by atoms with Crippen molar-refractivity contribution >= 4 is 5.96 Å². The van der Waals surface area contributed by atoms with E-state index in [-0.39, 0.29) is 0 Å². The van der Waals surface area contributed by atoms with Crippen LogP contribution in [0.3, 0.4) is 0 Å². The molecule has 0 bridgehead atoms. The number of nitrogens with one attached hydrogen (secondary N) is 2. The SMILES string of the molecule is CCNC(=NCc1cccc(OCCCOC)c1)NCc1ccccc1C. The largest absolute Gasteiger partial charge is 0.493 e. The molecule has 0 aliphatic rings. The summed E-state index contributed by atoms with van der Waals surface area (Å²) in [6.45, 7) is 7.73. The standard InChI is InChI=1S/C22H31N3O2/c1-4-23-22(25-17-20-11-6-5-9-18(20)2)24-16-19-10-7-12-21(15-19)27-14-8-13-26-3/h5-7,9-12,15H,4,8,13-14,16-17H2,1-3H3,(H2,23,24,25). The Balaban J connectivity index is 1.92. The van der Waals surface area contributed by atoms with E-state index < -0.39 is 0 Å². The minimum atomic E-state index is 0.596. The van der Waals surface area contributed by atoms with Crippen LogP contribution in [0.5, 0.6) is 5.75 Å². The quantitative estimate of drug-likeness (QED) is 0.381. The second-order valence-corrected chi connectivity index (χ2v) is 6.32. The Labute approximate surface area is 162 Å². The maximum absolute atomic E-state index is 5.76. The van der Waals surface area contributed by atoms with Crippen molar-refractivity contribution in [3.8, 4) is 5.75 Å². The molecule has 0 unspecified atom stereocenters. The second-order valence-electron chi connectivity index (χ2n) is 6.32. The van der Waals surface area contributed by atoms with Gasteiger partial charge >= 0.3 is 0 Å². The lowest BCUT2D eigenvalue weighted by molar-refractivity contribution is 0.172. The summed E-state index contributed by atoms with van der Waals surface area (Å²) in [5.74, 6) is 1.68. The highest BCUT2D eigenvalue weighted by Gasteiger charge is 2.02. The van der Waals surface area contributed by atoms with Crippen molar-refractivity contribution in [2.45, 2.75) is 33.4 Å². The van der Waals surface area contributed by atoms with Gasteiger partial charge < -0.3 is 20.1 Å². The fourth-order valence-corrected chi connectivity index (χ4v) is 2.63. The van der Waals surface area contributed by atoms with E-state index in [2.05, 4.69) is 54.8 Å². The number of guanidine groups is 1. The van der Waals surface area contributed by atoms with Gasteiger partial charge in [0.25, 0.3) is 0 Å². The maximum Gasteiger partial charge on any atom is 0.191 e. The van der Waals surface area contributed by atoms with Gasteiger partial charge in [-0.15, -0.1) is 0 Å². The van der Waals surface area contributed by atoms with Crippen LogP contribution in [0.2, 0.25) is 0 Å². The highest BCUT2D eigenvalue weighted by molar-refractivity contribution is 5.79. The highest BCUT2D eigenvalue weighted by atomic mass is 16.5. The molecule has 2 rings (SSSR count). The summed E-state index contributed by atoms with van der Waals surface area (Å²) >= 11 is 0. The summed E-state index contributed by atoms with van der Waals surface area (Å²) in [7, 11) is 1.70. The molecule has 0 fully saturated rings. The first kappa shape index (κ1) is 20.8. The van der Waals surface area contributed by atoms with Crippen molar-refractivity contribution in [2.75, 3.05) is 26.9 Å². The van der Waals surface area contributed by atoms with Crippen molar-refractivity contribution in [3.05, 3.63) is 65.2 Å². The van der Waals surface area contributed by atoms with Crippen molar-refractivity contribution < 1.29 is 9.47 Å². The third-order valence-corrected chi connectivity index (χ3v) is 4.13. The Bertz CT molecular complexity index is 716. The van der Waals surface area contributed by atoms with E-state index in [1.165, 1.54) is 11.1 Å². The van der Waals surface area contributed by atoms with Crippen molar-refractivity contribution in [1.82, 2.24) is 10.6 Å². The smallest absolute Gasteiger partial charge is 0.191 e. The van der Waals surface area contributed by atoms with E-state index in [0.29, 0.717) is 19.8 Å². The average molecular weight is 370 g/mol. The fraction of sp³-hybridized carbons (Fsp3) is 0.409. The summed E-state index contributed by atoms with van der Waals surface area (Å²) in [5, 5.41) is 6.70. The number of benzene rings is 2. The van der Waals surface area contributed by atoms with Crippen molar-refractivity contribution in [2.24, 2.45) is 4.99 Å². The topological polar surface area (TPSA) is 54.9 Å². The lowest BCUT2D eigenvalue weighted by Gasteiger charge is -2.13. The van der Waals surface area contributed by atoms with Gasteiger partial charge in [-0.25, -0.2) is 4.99 Å². The first-order valence-electron chi connectivity index (χ1n) is 9.50. The first-order chi connectivity index (χ1) is 13.2. The third-order valence-electron chi connectivity index (χ3n) is 4.13. The fourth-order valence-electron chi connectivity index (χ4n) is 2.63. The van der Waals surface area contributed by atoms with Gasteiger partial charge in [-0.05, 0) is 42.7 Å². The zero-order valence-corrected chi connectivity index (χ0v) is 16.6. The summed E-state index contributed by atoms with van der Waals surface area (Å²) in [5.41, 5.74) is 3.67. The first-order valence-corrected chi connectivity index (χ1v) is 9.50. The van der Waals surface area contributed by atoms with Crippen LogP contribution in [-0.2, 0) is 17.8 Å². The Morgan fingerprint density at radius 1 is 1.04 bits per heavy atom. The highest BCUT2D eigenvalue weighted by Crippen LogP contribution is 2.14.